The number of carbonyl (C=O) groups excluding carboxylic acids is 4. The molecule has 5 aliphatic rings. The van der Waals surface area contributed by atoms with E-state index in [1.165, 1.54) is 14.8 Å². The van der Waals surface area contributed by atoms with Gasteiger partial charge in [0.15, 0.2) is 17.3 Å². The largest absolute Gasteiger partial charge is 0.372 e. The van der Waals surface area contributed by atoms with E-state index >= 15 is 0 Å². The number of amides is 4. The monoisotopic (exact) mass is 844 g/mol. The number of rotatable bonds is 11. The van der Waals surface area contributed by atoms with Crippen LogP contribution in [0.5, 0.6) is 0 Å². The highest BCUT2D eigenvalue weighted by Crippen LogP contribution is 2.33. The van der Waals surface area contributed by atoms with E-state index in [9.17, 15) is 24.0 Å². The quantitative estimate of drug-likeness (QED) is 0.186. The Hall–Kier alpha value is -6.10. The highest BCUT2D eigenvalue weighted by Gasteiger charge is 2.34. The number of nitrogens with one attached hydrogen (secondary N) is 2. The van der Waals surface area contributed by atoms with Gasteiger partial charge in [0.05, 0.1) is 6.20 Å². The van der Waals surface area contributed by atoms with Crippen LogP contribution in [0.25, 0.3) is 11.4 Å². The van der Waals surface area contributed by atoms with E-state index in [1.54, 1.807) is 13.2 Å². The molecule has 5 saturated heterocycles. The van der Waals surface area contributed by atoms with Gasteiger partial charge in [-0.05, 0) is 118 Å². The second kappa shape index (κ2) is 17.7. The summed E-state index contributed by atoms with van der Waals surface area (Å²) in [4.78, 5) is 80.3. The number of hydrogen-bond acceptors (Lipinski definition) is 12. The Morgan fingerprint density at radius 2 is 1.60 bits per heavy atom. The van der Waals surface area contributed by atoms with E-state index in [1.807, 2.05) is 29.2 Å². The topological polar surface area (TPSA) is 197 Å². The predicted molar refractivity (Wildman–Crippen MR) is 234 cm³/mol. The summed E-state index contributed by atoms with van der Waals surface area (Å²) in [6.07, 6.45) is 9.98. The first kappa shape index (κ1) is 41.3. The molecule has 1 unspecified atom stereocenters. The lowest BCUT2D eigenvalue weighted by molar-refractivity contribution is -0.136. The molecular formula is C45H56N12O5. The normalized spacial score (nSPS) is 22.0. The number of aromatic nitrogens is 5. The minimum atomic E-state index is -0.795. The summed E-state index contributed by atoms with van der Waals surface area (Å²) in [6, 6.07) is 15.9. The summed E-state index contributed by atoms with van der Waals surface area (Å²) < 4.78 is 2.65. The van der Waals surface area contributed by atoms with Gasteiger partial charge in [0, 0.05) is 82.1 Å². The highest BCUT2D eigenvalue weighted by atomic mass is 16.2. The molecule has 17 nitrogen and oxygen atoms in total. The molecule has 0 saturated carbocycles. The van der Waals surface area contributed by atoms with Crippen molar-refractivity contribution in [3.05, 3.63) is 76.5 Å². The Morgan fingerprint density at radius 1 is 0.839 bits per heavy atom. The summed E-state index contributed by atoms with van der Waals surface area (Å²) in [5.74, 6) is 1.38. The third kappa shape index (κ3) is 8.67. The van der Waals surface area contributed by atoms with E-state index in [0.29, 0.717) is 42.3 Å². The fraction of sp³-hybridized carbons (Fsp3) is 0.511. The van der Waals surface area contributed by atoms with E-state index < -0.39 is 17.9 Å². The number of hydrogen-bond donors (Lipinski definition) is 3. The van der Waals surface area contributed by atoms with Crippen LogP contribution in [0.4, 0.5) is 23.0 Å². The maximum atomic E-state index is 13.0. The first-order chi connectivity index (χ1) is 30.1. The molecular weight excluding hydrogens is 789 g/mol. The van der Waals surface area contributed by atoms with Gasteiger partial charge in [-0.2, -0.15) is 0 Å². The predicted octanol–water partition coefficient (Wildman–Crippen LogP) is 3.55. The average molecular weight is 845 g/mol. The minimum Gasteiger partial charge on any atom is -0.372 e. The zero-order valence-corrected chi connectivity index (χ0v) is 35.4. The Labute approximate surface area is 360 Å². The zero-order valence-electron chi connectivity index (χ0n) is 35.4. The van der Waals surface area contributed by atoms with Gasteiger partial charge in [-0.3, -0.25) is 29.1 Å². The SMILES string of the molecule is Cn1c(-c2ccc(N3CCC(CN4CCC(c5ccc(Nc6nc(N7CCC[C@H](N8CCCC8=O)C7)cnc6C(N)=O)cc5)CC4)CC3)cc2)nn(C2CCC(=O)NC2=O)c1=O. The molecule has 62 heavy (non-hydrogen) atoms. The molecule has 0 spiro atoms. The van der Waals surface area contributed by atoms with Crippen LogP contribution in [0.3, 0.4) is 0 Å². The first-order valence-corrected chi connectivity index (χ1v) is 22.2. The number of piperidine rings is 4. The third-order valence-electron chi connectivity index (χ3n) is 13.6. The molecule has 0 bridgehead atoms. The molecule has 4 amide bonds. The number of likely N-dealkylation sites (tertiary alicyclic amines) is 2. The molecule has 2 atom stereocenters. The number of nitrogens with two attached hydrogens (primary N) is 1. The highest BCUT2D eigenvalue weighted by molar-refractivity contribution is 5.99. The van der Waals surface area contributed by atoms with Crippen LogP contribution >= 0.6 is 0 Å². The Balaban J connectivity index is 0.744. The van der Waals surface area contributed by atoms with E-state index in [0.717, 1.165) is 108 Å². The molecule has 4 N–H and O–H groups in total. The van der Waals surface area contributed by atoms with Crippen LogP contribution in [0.2, 0.25) is 0 Å². The van der Waals surface area contributed by atoms with Crippen LogP contribution in [0.1, 0.15) is 92.2 Å². The number of imide groups is 1. The Bertz CT molecular complexity index is 2360. The number of primary amides is 1. The van der Waals surface area contributed by atoms with Gasteiger partial charge in [-0.15, -0.1) is 5.10 Å². The van der Waals surface area contributed by atoms with Gasteiger partial charge < -0.3 is 30.7 Å². The lowest BCUT2D eigenvalue weighted by Crippen LogP contribution is -2.48. The molecule has 9 rings (SSSR count). The van der Waals surface area contributed by atoms with E-state index in [4.69, 9.17) is 10.7 Å². The van der Waals surface area contributed by atoms with Crippen LogP contribution < -0.4 is 31.9 Å². The molecule has 2 aromatic heterocycles. The number of nitrogens with zero attached hydrogens (tertiary/aromatic N) is 9. The van der Waals surface area contributed by atoms with Gasteiger partial charge in [0.1, 0.15) is 11.9 Å². The van der Waals surface area contributed by atoms with Crippen molar-refractivity contribution in [3.63, 3.8) is 0 Å². The van der Waals surface area contributed by atoms with Crippen molar-refractivity contribution in [2.24, 2.45) is 18.7 Å². The smallest absolute Gasteiger partial charge is 0.346 e. The summed E-state index contributed by atoms with van der Waals surface area (Å²) in [7, 11) is 1.65. The summed E-state index contributed by atoms with van der Waals surface area (Å²) in [5, 5.41) is 10.1. The number of benzene rings is 2. The van der Waals surface area contributed by atoms with Crippen molar-refractivity contribution in [3.8, 4) is 11.4 Å². The fourth-order valence-corrected chi connectivity index (χ4v) is 10.1. The first-order valence-electron chi connectivity index (χ1n) is 22.2. The van der Waals surface area contributed by atoms with Crippen LogP contribution in [0, 0.1) is 5.92 Å². The van der Waals surface area contributed by atoms with Crippen molar-refractivity contribution in [1.29, 1.82) is 0 Å². The maximum Gasteiger partial charge on any atom is 0.346 e. The van der Waals surface area contributed by atoms with Crippen molar-refractivity contribution in [2.45, 2.75) is 82.2 Å². The molecule has 2 aromatic carbocycles. The van der Waals surface area contributed by atoms with Gasteiger partial charge >= 0.3 is 5.69 Å². The van der Waals surface area contributed by atoms with Crippen LogP contribution in [0.15, 0.2) is 59.5 Å². The number of carbonyl (C=O) groups is 4. The van der Waals surface area contributed by atoms with Gasteiger partial charge in [0.2, 0.25) is 11.8 Å². The zero-order chi connectivity index (χ0) is 42.9. The van der Waals surface area contributed by atoms with Gasteiger partial charge in [-0.1, -0.05) is 12.1 Å². The Kier molecular flexibility index (Phi) is 11.8. The lowest BCUT2D eigenvalue weighted by atomic mass is 9.88. The van der Waals surface area contributed by atoms with Crippen LogP contribution in [-0.2, 0) is 21.4 Å². The third-order valence-corrected chi connectivity index (χ3v) is 13.6. The average Bonchev–Trinajstić information content (AvgIpc) is 3.85. The van der Waals surface area contributed by atoms with E-state index in [2.05, 4.69) is 59.7 Å². The standard InChI is InChI=1S/C45H56N12O5/c1-52-43(51-57(45(52)62)36-14-15-38(58)50-44(36)61)32-8-12-34(13-9-32)54-24-16-29(17-25-54)27-53-22-18-31(19-23-53)30-6-10-33(11-7-30)48-42-40(41(46)60)47-26-37(49-42)55-20-2-4-35(28-55)56-21-3-5-39(56)59/h6-13,26,29,31,35-36H,2-5,14-25,27-28H2,1H3,(H2,46,60)(H,48,49)(H,50,58,61)/t35-,36?/m0/s1. The summed E-state index contributed by atoms with van der Waals surface area (Å²) in [5.41, 5.74) is 9.49. The summed E-state index contributed by atoms with van der Waals surface area (Å²) in [6.45, 7) is 7.55. The molecule has 5 fully saturated rings. The summed E-state index contributed by atoms with van der Waals surface area (Å²) >= 11 is 0. The van der Waals surface area contributed by atoms with Gasteiger partial charge in [-0.25, -0.2) is 19.4 Å². The molecule has 5 aliphatic heterocycles. The Morgan fingerprint density at radius 3 is 2.29 bits per heavy atom. The second-order valence-electron chi connectivity index (χ2n) is 17.6. The molecule has 0 radical (unpaired) electrons. The van der Waals surface area contributed by atoms with E-state index in [-0.39, 0.29) is 42.1 Å². The van der Waals surface area contributed by atoms with Crippen molar-refractivity contribution in [2.75, 3.05) is 67.5 Å². The molecule has 7 heterocycles. The maximum absolute atomic E-state index is 13.0. The molecule has 17 heteroatoms. The second-order valence-corrected chi connectivity index (χ2v) is 17.6. The minimum absolute atomic E-state index is 0.0963. The number of anilines is 4. The van der Waals surface area contributed by atoms with Crippen molar-refractivity contribution in [1.82, 2.24) is 39.4 Å². The lowest BCUT2D eigenvalue weighted by Gasteiger charge is -2.38. The van der Waals surface area contributed by atoms with Crippen molar-refractivity contribution < 1.29 is 19.2 Å². The molecule has 326 valence electrons. The molecule has 4 aromatic rings. The van der Waals surface area contributed by atoms with Crippen LogP contribution in [-0.4, -0.2) is 116 Å². The van der Waals surface area contributed by atoms with Gasteiger partial charge in [0.25, 0.3) is 11.8 Å². The van der Waals surface area contributed by atoms with Crippen molar-refractivity contribution >= 4 is 46.6 Å². The molecule has 0 aliphatic carbocycles. The fourth-order valence-electron chi connectivity index (χ4n) is 10.1.